The fourth-order valence-corrected chi connectivity index (χ4v) is 4.47. The molecule has 3 aromatic rings. The van der Waals surface area contributed by atoms with Gasteiger partial charge in [0.15, 0.2) is 11.6 Å². The molecule has 0 spiro atoms. The van der Waals surface area contributed by atoms with E-state index in [9.17, 15) is 8.78 Å². The Morgan fingerprint density at radius 3 is 2.38 bits per heavy atom. The maximum Gasteiger partial charge on any atom is 0.151 e. The minimum atomic E-state index is -0.896. The molecule has 9 heteroatoms. The van der Waals surface area contributed by atoms with E-state index in [1.807, 2.05) is 37.7 Å². The molecule has 4 rings (SSSR count). The fraction of sp³-hybridized carbons (Fsp3) is 0.320. The van der Waals surface area contributed by atoms with E-state index in [4.69, 9.17) is 15.9 Å². The van der Waals surface area contributed by atoms with Crippen LogP contribution in [-0.2, 0) is 0 Å². The third-order valence-electron chi connectivity index (χ3n) is 5.28. The van der Waals surface area contributed by atoms with E-state index in [2.05, 4.69) is 14.9 Å². The number of nitrogens with two attached hydrogens (primary N) is 1. The second kappa shape index (κ2) is 11.8. The number of anilines is 2. The van der Waals surface area contributed by atoms with Crippen molar-refractivity contribution >= 4 is 29.0 Å². The van der Waals surface area contributed by atoms with Crippen LogP contribution in [0, 0.1) is 17.0 Å². The number of rotatable bonds is 6. The van der Waals surface area contributed by atoms with Gasteiger partial charge in [0.1, 0.15) is 17.7 Å². The molecule has 2 aromatic heterocycles. The van der Waals surface area contributed by atoms with Gasteiger partial charge in [0.2, 0.25) is 0 Å². The van der Waals surface area contributed by atoms with Gasteiger partial charge in [-0.3, -0.25) is 10.4 Å². The van der Waals surface area contributed by atoms with Crippen molar-refractivity contribution in [1.29, 1.82) is 5.41 Å². The van der Waals surface area contributed by atoms with Crippen molar-refractivity contribution in [2.75, 3.05) is 35.2 Å². The number of benzene rings is 1. The zero-order valence-corrected chi connectivity index (χ0v) is 20.3. The van der Waals surface area contributed by atoms with Crippen LogP contribution in [0.2, 0.25) is 0 Å². The molecule has 1 unspecified atom stereocenters. The summed E-state index contributed by atoms with van der Waals surface area (Å²) in [4.78, 5) is 10.2. The van der Waals surface area contributed by atoms with E-state index in [0.29, 0.717) is 22.6 Å². The van der Waals surface area contributed by atoms with Crippen LogP contribution in [0.25, 0.3) is 0 Å². The molecule has 3 heterocycles. The minimum absolute atomic E-state index is 0.190. The first-order valence-corrected chi connectivity index (χ1v) is 12.3. The van der Waals surface area contributed by atoms with Crippen LogP contribution in [0.4, 0.5) is 20.3 Å². The third kappa shape index (κ3) is 5.83. The van der Waals surface area contributed by atoms with Crippen LogP contribution in [0.1, 0.15) is 43.6 Å². The summed E-state index contributed by atoms with van der Waals surface area (Å²) < 4.78 is 33.8. The van der Waals surface area contributed by atoms with Crippen molar-refractivity contribution in [3.8, 4) is 5.75 Å². The first-order chi connectivity index (χ1) is 16.4. The lowest BCUT2D eigenvalue weighted by Gasteiger charge is -2.27. The highest BCUT2D eigenvalue weighted by atomic mass is 32.2. The van der Waals surface area contributed by atoms with E-state index in [0.717, 1.165) is 42.8 Å². The van der Waals surface area contributed by atoms with Gasteiger partial charge < -0.3 is 15.4 Å². The number of hydrogen-bond acceptors (Lipinski definition) is 7. The van der Waals surface area contributed by atoms with Gasteiger partial charge in [-0.1, -0.05) is 13.8 Å². The number of aromatic nitrogens is 2. The van der Waals surface area contributed by atoms with Crippen LogP contribution in [-0.4, -0.2) is 40.3 Å². The molecule has 1 aromatic carbocycles. The lowest BCUT2D eigenvalue weighted by atomic mass is 10.0. The topological polar surface area (TPSA) is 88.1 Å². The second-order valence-corrected chi connectivity index (χ2v) is 8.63. The van der Waals surface area contributed by atoms with Gasteiger partial charge in [-0.25, -0.2) is 13.8 Å². The Labute approximate surface area is 203 Å². The lowest BCUT2D eigenvalue weighted by Crippen LogP contribution is -2.33. The largest absolute Gasteiger partial charge is 0.486 e. The van der Waals surface area contributed by atoms with Crippen molar-refractivity contribution in [2.24, 2.45) is 0 Å². The molecule has 180 valence electrons. The second-order valence-electron chi connectivity index (χ2n) is 7.41. The summed E-state index contributed by atoms with van der Waals surface area (Å²) in [6.07, 6.45) is 2.66. The molecule has 6 nitrogen and oxygen atoms in total. The first kappa shape index (κ1) is 25.4. The van der Waals surface area contributed by atoms with Crippen LogP contribution in [0.15, 0.2) is 48.9 Å². The van der Waals surface area contributed by atoms with Crippen molar-refractivity contribution < 1.29 is 13.5 Å². The number of nitrogens with zero attached hydrogens (tertiary/aromatic N) is 3. The summed E-state index contributed by atoms with van der Waals surface area (Å²) >= 11 is 1.93. The molecule has 0 bridgehead atoms. The number of nitrogens with one attached hydrogen (secondary N) is 1. The normalized spacial score (nSPS) is 14.1. The fourth-order valence-electron chi connectivity index (χ4n) is 3.57. The van der Waals surface area contributed by atoms with Gasteiger partial charge in [0.25, 0.3) is 0 Å². The Morgan fingerprint density at radius 2 is 1.76 bits per heavy atom. The molecule has 34 heavy (non-hydrogen) atoms. The van der Waals surface area contributed by atoms with Crippen LogP contribution < -0.4 is 15.4 Å². The monoisotopic (exact) mass is 485 g/mol. The van der Waals surface area contributed by atoms with Crippen molar-refractivity contribution in [3.63, 3.8) is 0 Å². The predicted octanol–water partition coefficient (Wildman–Crippen LogP) is 5.47. The van der Waals surface area contributed by atoms with Gasteiger partial charge in [-0.15, -0.1) is 0 Å². The van der Waals surface area contributed by atoms with Crippen LogP contribution in [0.5, 0.6) is 5.75 Å². The number of pyridine rings is 2. The maximum absolute atomic E-state index is 14.0. The summed E-state index contributed by atoms with van der Waals surface area (Å²) in [5.74, 6) is 1.83. The standard InChI is InChI=1S/C23H23F2N5OS.C2H6/c1-14(22-18(24)12-28-13-19(22)25)31-16-3-4-20(26)17(10-16)23(27)15-2-5-21(29-11-15)30-6-8-32-9-7-30;1-2/h2-5,10-14,27H,6-9,26H2,1H3;1-2H3. The zero-order valence-electron chi connectivity index (χ0n) is 19.5. The Hall–Kier alpha value is -3.20. The Bertz CT molecular complexity index is 1100. The molecular weight excluding hydrogens is 456 g/mol. The number of thioether (sulfide) groups is 1. The number of ether oxygens (including phenoxy) is 1. The highest BCUT2D eigenvalue weighted by Crippen LogP contribution is 2.29. The molecule has 3 N–H and O–H groups in total. The quantitative estimate of drug-likeness (QED) is 0.355. The number of hydrogen-bond donors (Lipinski definition) is 2. The Kier molecular flexibility index (Phi) is 8.81. The molecule has 0 amide bonds. The Balaban J connectivity index is 0.00000158. The van der Waals surface area contributed by atoms with Crippen molar-refractivity contribution in [3.05, 3.63) is 77.2 Å². The number of halogens is 2. The van der Waals surface area contributed by atoms with Crippen LogP contribution >= 0.6 is 11.8 Å². The summed E-state index contributed by atoms with van der Waals surface area (Å²) in [5, 5.41) is 8.62. The smallest absolute Gasteiger partial charge is 0.151 e. The zero-order chi connectivity index (χ0) is 24.7. The highest BCUT2D eigenvalue weighted by molar-refractivity contribution is 7.99. The molecule has 0 saturated carbocycles. The van der Waals surface area contributed by atoms with Crippen molar-refractivity contribution in [2.45, 2.75) is 26.9 Å². The van der Waals surface area contributed by atoms with Crippen LogP contribution in [0.3, 0.4) is 0 Å². The predicted molar refractivity (Wildman–Crippen MR) is 135 cm³/mol. The highest BCUT2D eigenvalue weighted by Gasteiger charge is 2.19. The SMILES string of the molecule is CC.CC(Oc1ccc(N)c(C(=N)c2ccc(N3CCSCC3)nc2)c1)c1c(F)cncc1F. The number of nitrogen functional groups attached to an aromatic ring is 1. The summed E-state index contributed by atoms with van der Waals surface area (Å²) in [5.41, 5.74) is 7.56. The van der Waals surface area contributed by atoms with Gasteiger partial charge >= 0.3 is 0 Å². The van der Waals surface area contributed by atoms with E-state index in [1.54, 1.807) is 31.3 Å². The van der Waals surface area contributed by atoms with Gasteiger partial charge in [-0.2, -0.15) is 11.8 Å². The summed E-state index contributed by atoms with van der Waals surface area (Å²) in [6.45, 7) is 7.46. The summed E-state index contributed by atoms with van der Waals surface area (Å²) in [6, 6.07) is 8.58. The van der Waals surface area contributed by atoms with Gasteiger partial charge in [0, 0.05) is 47.6 Å². The molecule has 0 radical (unpaired) electrons. The maximum atomic E-state index is 14.0. The van der Waals surface area contributed by atoms with E-state index in [1.165, 1.54) is 0 Å². The van der Waals surface area contributed by atoms with Gasteiger partial charge in [-0.05, 0) is 37.3 Å². The van der Waals surface area contributed by atoms with Crippen molar-refractivity contribution in [1.82, 2.24) is 9.97 Å². The lowest BCUT2D eigenvalue weighted by molar-refractivity contribution is 0.215. The Morgan fingerprint density at radius 1 is 1.09 bits per heavy atom. The first-order valence-electron chi connectivity index (χ1n) is 11.2. The van der Waals surface area contributed by atoms with E-state index < -0.39 is 17.7 Å². The third-order valence-corrected chi connectivity index (χ3v) is 6.22. The molecular formula is C25H29F2N5OS. The van der Waals surface area contributed by atoms with Gasteiger partial charge in [0.05, 0.1) is 23.7 Å². The minimum Gasteiger partial charge on any atom is -0.486 e. The molecule has 1 fully saturated rings. The summed E-state index contributed by atoms with van der Waals surface area (Å²) in [7, 11) is 0. The average Bonchev–Trinajstić information content (AvgIpc) is 2.86. The molecule has 1 aliphatic heterocycles. The average molecular weight is 486 g/mol. The molecule has 1 saturated heterocycles. The molecule has 1 aliphatic rings. The molecule has 1 atom stereocenters. The molecule has 0 aliphatic carbocycles. The van der Waals surface area contributed by atoms with E-state index in [-0.39, 0.29) is 11.3 Å². The van der Waals surface area contributed by atoms with E-state index >= 15 is 0 Å².